The van der Waals surface area contributed by atoms with Crippen molar-refractivity contribution in [1.29, 1.82) is 0 Å². The molecule has 0 aromatic heterocycles. The van der Waals surface area contributed by atoms with Gasteiger partial charge in [-0.1, -0.05) is 18.6 Å². The van der Waals surface area contributed by atoms with Gasteiger partial charge in [0, 0.05) is 0 Å². The minimum atomic E-state index is -0.838. The molecule has 0 amide bonds. The van der Waals surface area contributed by atoms with Crippen molar-refractivity contribution >= 4 is 0 Å². The van der Waals surface area contributed by atoms with Gasteiger partial charge in [0.05, 0.1) is 5.60 Å². The molecular formula is C20H34O3. The molecule has 5 atom stereocenters. The van der Waals surface area contributed by atoms with E-state index >= 15 is 0 Å². The fourth-order valence-corrected chi connectivity index (χ4v) is 5.18. The van der Waals surface area contributed by atoms with Crippen LogP contribution in [0.1, 0.15) is 79.6 Å². The van der Waals surface area contributed by atoms with Crippen molar-refractivity contribution in [2.75, 3.05) is 0 Å². The second-order valence-electron chi connectivity index (χ2n) is 9.37. The number of hydrogen-bond acceptors (Lipinski definition) is 3. The quantitative estimate of drug-likeness (QED) is 0.587. The predicted octanol–water partition coefficient (Wildman–Crippen LogP) is 4.79. The van der Waals surface area contributed by atoms with Gasteiger partial charge in [0.25, 0.3) is 0 Å². The van der Waals surface area contributed by atoms with Crippen LogP contribution in [0, 0.1) is 17.3 Å². The summed E-state index contributed by atoms with van der Waals surface area (Å²) in [4.78, 5) is 11.6. The van der Waals surface area contributed by atoms with E-state index in [1.807, 2.05) is 0 Å². The van der Waals surface area contributed by atoms with Crippen LogP contribution < -0.4 is 0 Å². The molecule has 0 aromatic rings. The van der Waals surface area contributed by atoms with Crippen molar-refractivity contribution in [3.05, 3.63) is 11.6 Å². The standard InChI is InChI=1S/C20H34O3/c1-14-6-7-15-16(9-12-19(15,4)11-8-14)20(5)13-10-17(22-23-20)18(2,3)21/h8,15-17,21H,6-7,9-13H2,1-5H3/t15-,16+,17+,19-,20-/m1/s1. The molecule has 23 heavy (non-hydrogen) atoms. The Morgan fingerprint density at radius 1 is 1.13 bits per heavy atom. The summed E-state index contributed by atoms with van der Waals surface area (Å²) in [7, 11) is 0. The molecule has 2 fully saturated rings. The van der Waals surface area contributed by atoms with Gasteiger partial charge in [0.15, 0.2) is 0 Å². The Hall–Kier alpha value is -0.380. The molecular weight excluding hydrogens is 288 g/mol. The van der Waals surface area contributed by atoms with Crippen LogP contribution in [0.15, 0.2) is 11.6 Å². The van der Waals surface area contributed by atoms with Gasteiger partial charge in [0.1, 0.15) is 11.7 Å². The fourth-order valence-electron chi connectivity index (χ4n) is 5.18. The minimum Gasteiger partial charge on any atom is -0.388 e. The summed E-state index contributed by atoms with van der Waals surface area (Å²) in [6, 6.07) is 0. The van der Waals surface area contributed by atoms with E-state index in [1.165, 1.54) is 32.1 Å². The van der Waals surface area contributed by atoms with E-state index in [0.717, 1.165) is 12.8 Å². The average Bonchev–Trinajstić information content (AvgIpc) is 2.73. The summed E-state index contributed by atoms with van der Waals surface area (Å²) in [6.45, 7) is 10.6. The van der Waals surface area contributed by atoms with Crippen LogP contribution in [0.5, 0.6) is 0 Å². The van der Waals surface area contributed by atoms with Gasteiger partial charge >= 0.3 is 0 Å². The molecule has 0 unspecified atom stereocenters. The van der Waals surface area contributed by atoms with Crippen molar-refractivity contribution in [2.24, 2.45) is 17.3 Å². The van der Waals surface area contributed by atoms with Crippen molar-refractivity contribution in [2.45, 2.75) is 96.9 Å². The maximum Gasteiger partial charge on any atom is 0.121 e. The van der Waals surface area contributed by atoms with Crippen LogP contribution in [0.3, 0.4) is 0 Å². The highest BCUT2D eigenvalue weighted by molar-refractivity contribution is 5.11. The first kappa shape index (κ1) is 17.4. The molecule has 1 saturated heterocycles. The Balaban J connectivity index is 1.73. The van der Waals surface area contributed by atoms with Crippen molar-refractivity contribution < 1.29 is 14.9 Å². The lowest BCUT2D eigenvalue weighted by atomic mass is 9.68. The predicted molar refractivity (Wildman–Crippen MR) is 91.8 cm³/mol. The number of aliphatic hydroxyl groups is 1. The highest BCUT2D eigenvalue weighted by atomic mass is 17.2. The summed E-state index contributed by atoms with van der Waals surface area (Å²) in [5, 5.41) is 10.2. The molecule has 0 spiro atoms. The van der Waals surface area contributed by atoms with Crippen molar-refractivity contribution in [3.63, 3.8) is 0 Å². The number of allylic oxidation sites excluding steroid dienone is 2. The largest absolute Gasteiger partial charge is 0.388 e. The summed E-state index contributed by atoms with van der Waals surface area (Å²) in [5.74, 6) is 1.28. The third kappa shape index (κ3) is 3.25. The third-order valence-corrected chi connectivity index (χ3v) is 7.00. The smallest absolute Gasteiger partial charge is 0.121 e. The molecule has 3 aliphatic rings. The van der Waals surface area contributed by atoms with Crippen molar-refractivity contribution in [1.82, 2.24) is 0 Å². The minimum absolute atomic E-state index is 0.206. The molecule has 1 saturated carbocycles. The SMILES string of the molecule is CC1=CC[C@]2(C)CC[C@H]([C@@]3(C)CC[C@@H](C(C)(C)O)OO3)[C@H]2CC1. The molecule has 0 bridgehead atoms. The Labute approximate surface area is 141 Å². The van der Waals surface area contributed by atoms with Crippen LogP contribution in [-0.2, 0) is 9.78 Å². The molecule has 1 N–H and O–H groups in total. The van der Waals surface area contributed by atoms with Crippen LogP contribution >= 0.6 is 0 Å². The van der Waals surface area contributed by atoms with E-state index in [9.17, 15) is 5.11 Å². The Morgan fingerprint density at radius 2 is 1.87 bits per heavy atom. The van der Waals surface area contributed by atoms with Crippen LogP contribution in [0.4, 0.5) is 0 Å². The zero-order valence-electron chi connectivity index (χ0n) is 15.5. The zero-order chi connectivity index (χ0) is 16.9. The average molecular weight is 322 g/mol. The Morgan fingerprint density at radius 3 is 2.48 bits per heavy atom. The molecule has 0 aromatic carbocycles. The topological polar surface area (TPSA) is 38.7 Å². The van der Waals surface area contributed by atoms with Gasteiger partial charge in [-0.25, -0.2) is 9.78 Å². The van der Waals surface area contributed by atoms with E-state index in [1.54, 1.807) is 19.4 Å². The first-order valence-corrected chi connectivity index (χ1v) is 9.37. The highest BCUT2D eigenvalue weighted by Gasteiger charge is 2.54. The van der Waals surface area contributed by atoms with Gasteiger partial charge < -0.3 is 5.11 Å². The monoisotopic (exact) mass is 322 g/mol. The lowest BCUT2D eigenvalue weighted by molar-refractivity contribution is -0.433. The lowest BCUT2D eigenvalue weighted by Gasteiger charge is -2.46. The maximum atomic E-state index is 10.2. The van der Waals surface area contributed by atoms with Gasteiger partial charge in [-0.3, -0.25) is 0 Å². The third-order valence-electron chi connectivity index (χ3n) is 7.00. The van der Waals surface area contributed by atoms with Gasteiger partial charge in [-0.2, -0.15) is 0 Å². The molecule has 1 aliphatic heterocycles. The first-order chi connectivity index (χ1) is 10.6. The van der Waals surface area contributed by atoms with Crippen LogP contribution in [0.2, 0.25) is 0 Å². The molecule has 3 nitrogen and oxygen atoms in total. The van der Waals surface area contributed by atoms with Gasteiger partial charge in [0.2, 0.25) is 0 Å². The van der Waals surface area contributed by atoms with Gasteiger partial charge in [-0.15, -0.1) is 0 Å². The maximum absolute atomic E-state index is 10.2. The van der Waals surface area contributed by atoms with Crippen LogP contribution in [-0.4, -0.2) is 22.4 Å². The molecule has 1 heterocycles. The highest BCUT2D eigenvalue weighted by Crippen LogP contribution is 2.58. The molecule has 3 rings (SSSR count). The molecule has 2 aliphatic carbocycles. The number of rotatable bonds is 2. The summed E-state index contributed by atoms with van der Waals surface area (Å²) >= 11 is 0. The second kappa shape index (κ2) is 5.86. The van der Waals surface area contributed by atoms with Crippen molar-refractivity contribution in [3.8, 4) is 0 Å². The number of fused-ring (bicyclic) bond motifs is 1. The fraction of sp³-hybridized carbons (Fsp3) is 0.900. The summed E-state index contributed by atoms with van der Waals surface area (Å²) < 4.78 is 0. The molecule has 3 heteroatoms. The zero-order valence-corrected chi connectivity index (χ0v) is 15.5. The molecule has 132 valence electrons. The van der Waals surface area contributed by atoms with Gasteiger partial charge in [-0.05, 0) is 89.9 Å². The summed E-state index contributed by atoms with van der Waals surface area (Å²) in [6.07, 6.45) is 10.3. The second-order valence-corrected chi connectivity index (χ2v) is 9.37. The molecule has 0 radical (unpaired) electrons. The van der Waals surface area contributed by atoms with E-state index in [0.29, 0.717) is 17.3 Å². The summed E-state index contributed by atoms with van der Waals surface area (Å²) in [5.41, 5.74) is 0.923. The van der Waals surface area contributed by atoms with E-state index in [2.05, 4.69) is 26.8 Å². The van der Waals surface area contributed by atoms with Crippen LogP contribution in [0.25, 0.3) is 0 Å². The Bertz CT molecular complexity index is 468. The normalized spacial score (nSPS) is 45.3. The number of hydrogen-bond donors (Lipinski definition) is 1. The van der Waals surface area contributed by atoms with E-state index in [-0.39, 0.29) is 11.7 Å². The van der Waals surface area contributed by atoms with E-state index in [4.69, 9.17) is 9.78 Å². The lowest BCUT2D eigenvalue weighted by Crippen LogP contribution is -2.50. The van der Waals surface area contributed by atoms with E-state index < -0.39 is 5.60 Å². The first-order valence-electron chi connectivity index (χ1n) is 9.37. The Kier molecular flexibility index (Phi) is 4.44.